The lowest BCUT2D eigenvalue weighted by Gasteiger charge is -2.15. The number of ether oxygens (including phenoxy) is 3. The fourth-order valence-electron chi connectivity index (χ4n) is 2.32. The van der Waals surface area contributed by atoms with Crippen molar-refractivity contribution in [2.75, 3.05) is 38.5 Å². The monoisotopic (exact) mass is 384 g/mol. The van der Waals surface area contributed by atoms with Gasteiger partial charge < -0.3 is 24.8 Å². The number of benzene rings is 2. The smallest absolute Gasteiger partial charge is 0.416 e. The number of anilines is 2. The molecule has 0 spiro atoms. The Labute approximate surface area is 154 Å². The van der Waals surface area contributed by atoms with E-state index in [9.17, 15) is 18.0 Å². The van der Waals surface area contributed by atoms with Crippen molar-refractivity contribution in [2.24, 2.45) is 0 Å². The van der Waals surface area contributed by atoms with Gasteiger partial charge in [-0.25, -0.2) is 0 Å². The normalized spacial score (nSPS) is 10.9. The second-order valence-electron chi connectivity index (χ2n) is 5.39. The first kappa shape index (κ1) is 20.2. The van der Waals surface area contributed by atoms with E-state index in [1.54, 1.807) is 12.1 Å². The standard InChI is InChI=1S/C18H19F3N2O4/c1-25-14-8-13(9-15(26-2)17(14)27-3)23-16(24)10-22-12-6-4-11(5-7-12)18(19,20)21/h4-9,22H,10H2,1-3H3,(H,23,24). The summed E-state index contributed by atoms with van der Waals surface area (Å²) in [7, 11) is 4.37. The molecule has 2 aromatic carbocycles. The van der Waals surface area contributed by atoms with E-state index >= 15 is 0 Å². The number of carbonyl (C=O) groups is 1. The van der Waals surface area contributed by atoms with Gasteiger partial charge in [0.1, 0.15) is 0 Å². The molecule has 27 heavy (non-hydrogen) atoms. The van der Waals surface area contributed by atoms with Crippen LogP contribution in [0.3, 0.4) is 0 Å². The van der Waals surface area contributed by atoms with Gasteiger partial charge in [-0.05, 0) is 24.3 Å². The zero-order chi connectivity index (χ0) is 20.0. The lowest BCUT2D eigenvalue weighted by Crippen LogP contribution is -2.21. The molecule has 0 fully saturated rings. The van der Waals surface area contributed by atoms with Crippen LogP contribution in [0.25, 0.3) is 0 Å². The highest BCUT2D eigenvalue weighted by Crippen LogP contribution is 2.39. The van der Waals surface area contributed by atoms with Crippen LogP contribution >= 0.6 is 0 Å². The van der Waals surface area contributed by atoms with Gasteiger partial charge in [-0.2, -0.15) is 13.2 Å². The highest BCUT2D eigenvalue weighted by molar-refractivity contribution is 5.94. The van der Waals surface area contributed by atoms with E-state index in [2.05, 4.69) is 10.6 Å². The van der Waals surface area contributed by atoms with Crippen LogP contribution in [0, 0.1) is 0 Å². The van der Waals surface area contributed by atoms with Crippen LogP contribution in [-0.2, 0) is 11.0 Å². The quantitative estimate of drug-likeness (QED) is 0.760. The second kappa shape index (κ2) is 8.52. The number of hydrogen-bond donors (Lipinski definition) is 2. The Balaban J connectivity index is 2.01. The van der Waals surface area contributed by atoms with Crippen LogP contribution in [-0.4, -0.2) is 33.8 Å². The molecule has 0 aliphatic heterocycles. The molecule has 0 atom stereocenters. The number of alkyl halides is 3. The number of amides is 1. The molecule has 1 amide bonds. The molecule has 0 heterocycles. The first-order chi connectivity index (χ1) is 12.8. The van der Waals surface area contributed by atoms with E-state index in [-0.39, 0.29) is 6.54 Å². The predicted octanol–water partition coefficient (Wildman–Crippen LogP) is 3.78. The van der Waals surface area contributed by atoms with Gasteiger partial charge in [0.25, 0.3) is 0 Å². The second-order valence-corrected chi connectivity index (χ2v) is 5.39. The SMILES string of the molecule is COc1cc(NC(=O)CNc2ccc(C(F)(F)F)cc2)cc(OC)c1OC. The van der Waals surface area contributed by atoms with Crippen LogP contribution in [0.2, 0.25) is 0 Å². The Kier molecular flexibility index (Phi) is 6.38. The maximum absolute atomic E-state index is 12.5. The van der Waals surface area contributed by atoms with Crippen molar-refractivity contribution in [3.8, 4) is 17.2 Å². The third-order valence-electron chi connectivity index (χ3n) is 3.61. The molecular formula is C18H19F3N2O4. The van der Waals surface area contributed by atoms with Gasteiger partial charge in [-0.1, -0.05) is 0 Å². The van der Waals surface area contributed by atoms with Gasteiger partial charge in [-0.3, -0.25) is 4.79 Å². The van der Waals surface area contributed by atoms with E-state index in [1.807, 2.05) is 0 Å². The molecule has 146 valence electrons. The summed E-state index contributed by atoms with van der Waals surface area (Å²) in [5.74, 6) is 0.746. The number of rotatable bonds is 7. The van der Waals surface area contributed by atoms with Crippen LogP contribution in [0.15, 0.2) is 36.4 Å². The van der Waals surface area contributed by atoms with E-state index in [0.29, 0.717) is 28.6 Å². The van der Waals surface area contributed by atoms with Crippen molar-refractivity contribution in [3.05, 3.63) is 42.0 Å². The molecule has 0 radical (unpaired) electrons. The lowest BCUT2D eigenvalue weighted by molar-refractivity contribution is -0.137. The lowest BCUT2D eigenvalue weighted by atomic mass is 10.2. The first-order valence-corrected chi connectivity index (χ1v) is 7.79. The minimum atomic E-state index is -4.40. The summed E-state index contributed by atoms with van der Waals surface area (Å²) in [6.45, 7) is -0.137. The van der Waals surface area contributed by atoms with Gasteiger partial charge >= 0.3 is 6.18 Å². The van der Waals surface area contributed by atoms with Gasteiger partial charge in [0.15, 0.2) is 11.5 Å². The molecule has 9 heteroatoms. The zero-order valence-electron chi connectivity index (χ0n) is 14.9. The van der Waals surface area contributed by atoms with E-state index in [4.69, 9.17) is 14.2 Å². The zero-order valence-corrected chi connectivity index (χ0v) is 14.9. The average Bonchev–Trinajstić information content (AvgIpc) is 2.65. The number of hydrogen-bond acceptors (Lipinski definition) is 5. The molecular weight excluding hydrogens is 365 g/mol. The average molecular weight is 384 g/mol. The minimum absolute atomic E-state index is 0.137. The summed E-state index contributed by atoms with van der Waals surface area (Å²) in [6.07, 6.45) is -4.40. The molecule has 2 N–H and O–H groups in total. The van der Waals surface area contributed by atoms with Crippen molar-refractivity contribution in [1.82, 2.24) is 0 Å². The summed E-state index contributed by atoms with van der Waals surface area (Å²) in [6, 6.07) is 7.54. The molecule has 0 saturated carbocycles. The van der Waals surface area contributed by atoms with Crippen molar-refractivity contribution in [2.45, 2.75) is 6.18 Å². The van der Waals surface area contributed by atoms with Gasteiger partial charge in [0.2, 0.25) is 11.7 Å². The number of nitrogens with one attached hydrogen (secondary N) is 2. The van der Waals surface area contributed by atoms with Gasteiger partial charge in [0.05, 0.1) is 33.4 Å². The summed E-state index contributed by atoms with van der Waals surface area (Å²) in [4.78, 5) is 12.1. The predicted molar refractivity (Wildman–Crippen MR) is 94.7 cm³/mol. The Bertz CT molecular complexity index is 767. The molecule has 0 aromatic heterocycles. The van der Waals surface area contributed by atoms with Crippen molar-refractivity contribution < 1.29 is 32.2 Å². The highest BCUT2D eigenvalue weighted by atomic mass is 19.4. The summed E-state index contributed by atoms with van der Waals surface area (Å²) in [5.41, 5.74) is 0.0571. The molecule has 0 unspecified atom stereocenters. The third-order valence-corrected chi connectivity index (χ3v) is 3.61. The molecule has 0 aliphatic carbocycles. The van der Waals surface area contributed by atoms with Crippen LogP contribution in [0.5, 0.6) is 17.2 Å². The number of methoxy groups -OCH3 is 3. The van der Waals surface area contributed by atoms with E-state index < -0.39 is 17.6 Å². The minimum Gasteiger partial charge on any atom is -0.493 e. The summed E-state index contributed by atoms with van der Waals surface area (Å²) in [5, 5.41) is 5.41. The third kappa shape index (κ3) is 5.19. The Morgan fingerprint density at radius 1 is 0.926 bits per heavy atom. The first-order valence-electron chi connectivity index (χ1n) is 7.79. The molecule has 0 saturated heterocycles. The maximum Gasteiger partial charge on any atom is 0.416 e. The Morgan fingerprint density at radius 3 is 1.93 bits per heavy atom. The highest BCUT2D eigenvalue weighted by Gasteiger charge is 2.29. The van der Waals surface area contributed by atoms with E-state index in [1.165, 1.54) is 33.5 Å². The molecule has 0 bridgehead atoms. The van der Waals surface area contributed by atoms with E-state index in [0.717, 1.165) is 12.1 Å². The van der Waals surface area contributed by atoms with Gasteiger partial charge in [-0.15, -0.1) is 0 Å². The van der Waals surface area contributed by atoms with Crippen molar-refractivity contribution in [1.29, 1.82) is 0 Å². The largest absolute Gasteiger partial charge is 0.493 e. The maximum atomic E-state index is 12.5. The van der Waals surface area contributed by atoms with Crippen LogP contribution in [0.1, 0.15) is 5.56 Å². The van der Waals surface area contributed by atoms with Crippen LogP contribution in [0.4, 0.5) is 24.5 Å². The van der Waals surface area contributed by atoms with Crippen LogP contribution < -0.4 is 24.8 Å². The fraction of sp³-hybridized carbons (Fsp3) is 0.278. The molecule has 6 nitrogen and oxygen atoms in total. The summed E-state index contributed by atoms with van der Waals surface area (Å²) >= 11 is 0. The fourth-order valence-corrected chi connectivity index (χ4v) is 2.32. The Hall–Kier alpha value is -3.10. The Morgan fingerprint density at radius 2 is 1.48 bits per heavy atom. The molecule has 0 aliphatic rings. The summed E-state index contributed by atoms with van der Waals surface area (Å²) < 4.78 is 53.2. The van der Waals surface area contributed by atoms with Gasteiger partial charge in [0, 0.05) is 23.5 Å². The number of carbonyl (C=O) groups excluding carboxylic acids is 1. The van der Waals surface area contributed by atoms with Crippen molar-refractivity contribution in [3.63, 3.8) is 0 Å². The number of halogens is 3. The topological polar surface area (TPSA) is 68.8 Å². The van der Waals surface area contributed by atoms with Crippen molar-refractivity contribution >= 4 is 17.3 Å². The molecule has 2 rings (SSSR count). The molecule has 2 aromatic rings.